The number of amides is 14. The van der Waals surface area contributed by atoms with Crippen LogP contribution in [-0.2, 0) is 78.3 Å². The second kappa shape index (κ2) is 52.9. The zero-order chi connectivity index (χ0) is 83.2. The lowest BCUT2D eigenvalue weighted by Crippen LogP contribution is -2.60. The van der Waals surface area contributed by atoms with Crippen LogP contribution in [0, 0.1) is 11.8 Å². The number of aliphatic hydroxyl groups excluding tert-OH is 1. The van der Waals surface area contributed by atoms with Crippen LogP contribution < -0.4 is 127 Å². The molecule has 12 atom stereocenters. The normalized spacial score (nSPS) is 14.2. The first-order valence-corrected chi connectivity index (χ1v) is 36.2. The fourth-order valence-electron chi connectivity index (χ4n) is 10.5. The highest BCUT2D eigenvalue weighted by Gasteiger charge is 2.37. The molecule has 43 nitrogen and oxygen atoms in total. The second-order valence-electron chi connectivity index (χ2n) is 26.8. The molecule has 0 saturated carbocycles. The number of primary amides is 2. The Hall–Kier alpha value is -11.1. The molecule has 0 saturated heterocycles. The first kappa shape index (κ1) is 96.9. The maximum absolute atomic E-state index is 14.4. The van der Waals surface area contributed by atoms with Gasteiger partial charge in [-0.15, -0.1) is 0 Å². The Morgan fingerprint density at radius 1 is 0.409 bits per heavy atom. The highest BCUT2D eigenvalue weighted by Crippen LogP contribution is 2.13. The van der Waals surface area contributed by atoms with Crippen molar-refractivity contribution in [1.82, 2.24) is 63.8 Å². The lowest BCUT2D eigenvalue weighted by atomic mass is 10.0. The predicted molar refractivity (Wildman–Crippen MR) is 405 cm³/mol. The molecule has 618 valence electrons. The first-order chi connectivity index (χ1) is 51.8. The van der Waals surface area contributed by atoms with Gasteiger partial charge in [0, 0.05) is 32.5 Å². The molecule has 1 aromatic rings. The Kier molecular flexibility index (Phi) is 46.6. The number of nitrogens with one attached hydrogen (secondary N) is 12. The molecule has 0 unspecified atom stereocenters. The minimum absolute atomic E-state index is 0.00363. The number of aliphatic carboxylic acids is 1. The van der Waals surface area contributed by atoms with Crippen LogP contribution in [0.15, 0.2) is 45.3 Å². The largest absolute Gasteiger partial charge is 0.480 e. The summed E-state index contributed by atoms with van der Waals surface area (Å²) in [6.07, 6.45) is -0.804. The summed E-state index contributed by atoms with van der Waals surface area (Å²) in [5, 5.41) is 49.8. The van der Waals surface area contributed by atoms with Crippen molar-refractivity contribution in [3.05, 3.63) is 35.9 Å². The van der Waals surface area contributed by atoms with Crippen LogP contribution in [0.5, 0.6) is 0 Å². The van der Waals surface area contributed by atoms with E-state index in [1.165, 1.54) is 20.8 Å². The van der Waals surface area contributed by atoms with Gasteiger partial charge in [0.15, 0.2) is 17.9 Å². The van der Waals surface area contributed by atoms with E-state index in [1.807, 2.05) is 0 Å². The van der Waals surface area contributed by atoms with Crippen LogP contribution >= 0.6 is 0 Å². The van der Waals surface area contributed by atoms with E-state index in [9.17, 15) is 82.1 Å². The number of carbonyl (C=O) groups is 15. The average molecular weight is 1560 g/mol. The van der Waals surface area contributed by atoms with E-state index in [2.05, 4.69) is 78.8 Å². The maximum atomic E-state index is 14.4. The number of hydrogen-bond donors (Lipinski definition) is 25. The van der Waals surface area contributed by atoms with Crippen molar-refractivity contribution in [2.45, 2.75) is 216 Å². The SMILES string of the molecule is CC(C)C[C@H](NC(=O)[C@@H](CO)NC(=O)CNC(=O)[C@@H](CCCCN)NC(=O)[C@@H](CCCN=C(N)N)NC(=O)[C@@H](C)NC(=O)[C@@H](Cc1ccccc1)NC(=O)[C@H](N)CCCN=C(N)N)C(=O)N[C@@H](CCCN=C(N)N)C(=O)N[C@@H](CCC(N)=O)C(=O)N[C@@H](CCCCN)C(=O)N[C@@H](CC(N)=O)C(=O)N[C@H](C(=O)O)C(C)C. The molecule has 110 heavy (non-hydrogen) atoms. The number of rotatable bonds is 56. The first-order valence-electron chi connectivity index (χ1n) is 36.2. The van der Waals surface area contributed by atoms with Gasteiger partial charge < -0.3 is 137 Å². The van der Waals surface area contributed by atoms with Crippen molar-refractivity contribution < 1.29 is 82.1 Å². The monoisotopic (exact) mass is 1560 g/mol. The molecule has 1 aromatic carbocycles. The number of guanidine groups is 3. The number of nitrogens with zero attached hydrogens (tertiary/aromatic N) is 3. The van der Waals surface area contributed by atoms with Crippen LogP contribution in [-0.4, -0.2) is 235 Å². The Labute approximate surface area is 638 Å². The van der Waals surface area contributed by atoms with E-state index in [0.717, 1.165) is 0 Å². The number of carboxylic acids is 1. The topological polar surface area (TPSA) is 764 Å². The van der Waals surface area contributed by atoms with Gasteiger partial charge in [-0.3, -0.25) is 82.1 Å². The van der Waals surface area contributed by atoms with Gasteiger partial charge in [-0.05, 0) is 127 Å². The van der Waals surface area contributed by atoms with Crippen LogP contribution in [0.25, 0.3) is 0 Å². The number of aliphatic imine (C=N–C) groups is 3. The maximum Gasteiger partial charge on any atom is 0.326 e. The van der Waals surface area contributed by atoms with Gasteiger partial charge in [0.05, 0.1) is 25.6 Å². The number of unbranched alkanes of at least 4 members (excludes halogenated alkanes) is 2. The molecule has 36 N–H and O–H groups in total. The lowest BCUT2D eigenvalue weighted by Gasteiger charge is -2.28. The number of carboxylic acid groups (broad SMARTS) is 1. The van der Waals surface area contributed by atoms with Crippen LogP contribution in [0.2, 0.25) is 0 Å². The van der Waals surface area contributed by atoms with Crippen molar-refractivity contribution in [3.63, 3.8) is 0 Å². The molecule has 0 radical (unpaired) electrons. The van der Waals surface area contributed by atoms with Crippen molar-refractivity contribution in [3.8, 4) is 0 Å². The number of aliphatic hydroxyl groups is 1. The molecule has 0 aliphatic carbocycles. The van der Waals surface area contributed by atoms with Gasteiger partial charge in [0.2, 0.25) is 82.7 Å². The molecule has 0 fully saturated rings. The summed E-state index contributed by atoms with van der Waals surface area (Å²) in [7, 11) is 0. The van der Waals surface area contributed by atoms with Gasteiger partial charge in [-0.2, -0.15) is 0 Å². The van der Waals surface area contributed by atoms with E-state index in [0.29, 0.717) is 24.8 Å². The summed E-state index contributed by atoms with van der Waals surface area (Å²) < 4.78 is 0. The number of nitrogens with two attached hydrogens (primary N) is 11. The van der Waals surface area contributed by atoms with Gasteiger partial charge in [0.25, 0.3) is 0 Å². The minimum Gasteiger partial charge on any atom is -0.480 e. The third-order valence-corrected chi connectivity index (χ3v) is 16.5. The quantitative estimate of drug-likeness (QED) is 0.0164. The summed E-state index contributed by atoms with van der Waals surface area (Å²) in [4.78, 5) is 215. The van der Waals surface area contributed by atoms with Crippen LogP contribution in [0.3, 0.4) is 0 Å². The Morgan fingerprint density at radius 2 is 0.800 bits per heavy atom. The molecule has 43 heteroatoms. The molecular weight excluding hydrogens is 1440 g/mol. The fraction of sp³-hybridized carbons (Fsp3) is 0.642. The highest BCUT2D eigenvalue weighted by atomic mass is 16.4. The molecule has 0 aromatic heterocycles. The highest BCUT2D eigenvalue weighted by molar-refractivity contribution is 6.00. The van der Waals surface area contributed by atoms with Gasteiger partial charge >= 0.3 is 5.97 Å². The predicted octanol–water partition coefficient (Wildman–Crippen LogP) is -9.64. The summed E-state index contributed by atoms with van der Waals surface area (Å²) in [5.41, 5.74) is 62.0. The molecule has 14 amide bonds. The summed E-state index contributed by atoms with van der Waals surface area (Å²) in [6.45, 7) is 6.16. The Bertz CT molecular complexity index is 3280. The third kappa shape index (κ3) is 40.8. The average Bonchev–Trinajstić information content (AvgIpc) is 0.857. The molecular formula is C67H118N26O17. The molecule has 0 aliphatic rings. The van der Waals surface area contributed by atoms with E-state index in [1.54, 1.807) is 44.2 Å². The van der Waals surface area contributed by atoms with Gasteiger partial charge in [-0.25, -0.2) is 4.79 Å². The lowest BCUT2D eigenvalue weighted by molar-refractivity contribution is -0.143. The van der Waals surface area contributed by atoms with Crippen LogP contribution in [0.4, 0.5) is 0 Å². The second-order valence-corrected chi connectivity index (χ2v) is 26.8. The van der Waals surface area contributed by atoms with E-state index in [-0.39, 0.29) is 127 Å². The molecule has 1 rings (SSSR count). The van der Waals surface area contributed by atoms with Gasteiger partial charge in [0.1, 0.15) is 66.5 Å². The van der Waals surface area contributed by atoms with E-state index in [4.69, 9.17) is 63.1 Å². The summed E-state index contributed by atoms with van der Waals surface area (Å²) in [6, 6.07) is -9.12. The number of benzene rings is 1. The van der Waals surface area contributed by atoms with E-state index >= 15 is 0 Å². The minimum atomic E-state index is -1.80. The Balaban J connectivity index is 3.52. The number of carbonyl (C=O) groups excluding carboxylic acids is 14. The zero-order valence-corrected chi connectivity index (χ0v) is 63.2. The van der Waals surface area contributed by atoms with Crippen molar-refractivity contribution >= 4 is 107 Å². The summed E-state index contributed by atoms with van der Waals surface area (Å²) in [5.74, 6) is -16.8. The van der Waals surface area contributed by atoms with Crippen LogP contribution in [0.1, 0.15) is 143 Å². The van der Waals surface area contributed by atoms with E-state index < -0.39 is 200 Å². The molecule has 0 bridgehead atoms. The molecule has 0 heterocycles. The number of hydrogen-bond acceptors (Lipinski definition) is 22. The standard InChI is InChI=1S/C67H118N26O17/c1-35(2)30-45(61(106)88-43(22-15-29-81-67(77)78)57(102)89-44(23-24-49(71)95)59(104)87-41(20-10-12-26-69)58(103)92-47(32-50(72)96)62(107)93-52(36(3)4)64(109)110)91-63(108)48(34-94)84-51(97)33-82-55(100)40(19-9-11-25-68)86-56(101)42(21-14-28-80-66(75)76)85-53(98)37(5)83-60(105)46(31-38-16-7-6-8-17-38)90-54(99)39(70)18-13-27-79-65(73)74/h6-8,16-17,35-37,39-48,52,94H,9-15,18-34,68-70H2,1-5H3,(H2,71,95)(H2,72,96)(H,82,100)(H,83,105)(H,84,97)(H,85,98)(H,86,101)(H,87,104)(H,88,106)(H,89,102)(H,90,99)(H,91,108)(H,92,103)(H,93,107)(H,109,110)(H4,73,74,79)(H4,75,76,80)(H4,77,78,81)/t37-,39-,40-,41+,42-,43+,44+,45+,46-,47+,48-,52+/m1/s1. The molecule has 0 aliphatic heterocycles. The Morgan fingerprint density at radius 3 is 1.23 bits per heavy atom. The third-order valence-electron chi connectivity index (χ3n) is 16.5. The van der Waals surface area contributed by atoms with Crippen molar-refractivity contribution in [2.24, 2.45) is 89.9 Å². The fourth-order valence-corrected chi connectivity index (χ4v) is 10.5. The smallest absolute Gasteiger partial charge is 0.326 e. The molecule has 0 spiro atoms. The van der Waals surface area contributed by atoms with Crippen molar-refractivity contribution in [1.29, 1.82) is 0 Å². The van der Waals surface area contributed by atoms with Gasteiger partial charge in [-0.1, -0.05) is 58.0 Å². The zero-order valence-electron chi connectivity index (χ0n) is 63.2. The summed E-state index contributed by atoms with van der Waals surface area (Å²) >= 11 is 0. The van der Waals surface area contributed by atoms with Crippen molar-refractivity contribution in [2.75, 3.05) is 45.9 Å².